The molecular weight excluding hydrogens is 380 g/mol. The molecule has 1 amide bonds. The zero-order valence-corrected chi connectivity index (χ0v) is 18.2. The fraction of sp³-hybridized carbons (Fsp3) is 0.333. The third-order valence-electron chi connectivity index (χ3n) is 5.00. The Kier molecular flexibility index (Phi) is 5.50. The summed E-state index contributed by atoms with van der Waals surface area (Å²) in [6, 6.07) is 12.4. The highest BCUT2D eigenvalue weighted by molar-refractivity contribution is 8.19. The van der Waals surface area contributed by atoms with Gasteiger partial charge in [-0.2, -0.15) is 0 Å². The summed E-state index contributed by atoms with van der Waals surface area (Å²) in [7, 11) is 0. The second kappa shape index (κ2) is 8.07. The molecule has 29 heavy (non-hydrogen) atoms. The summed E-state index contributed by atoms with van der Waals surface area (Å²) < 4.78 is 5.71. The molecule has 0 unspecified atom stereocenters. The number of carbonyl (C=O) groups excluding carboxylic acids is 1. The summed E-state index contributed by atoms with van der Waals surface area (Å²) >= 11 is 1.45. The second-order valence-corrected chi connectivity index (χ2v) is 8.87. The van der Waals surface area contributed by atoms with Gasteiger partial charge in [0.25, 0.3) is 5.91 Å². The van der Waals surface area contributed by atoms with Crippen molar-refractivity contribution in [1.29, 1.82) is 0 Å². The van der Waals surface area contributed by atoms with Gasteiger partial charge in [0, 0.05) is 6.04 Å². The van der Waals surface area contributed by atoms with Gasteiger partial charge in [-0.25, -0.2) is 0 Å². The number of carbonyl (C=O) groups is 1. The number of aryl methyl sites for hydroxylation is 3. The van der Waals surface area contributed by atoms with Crippen LogP contribution in [0.15, 0.2) is 46.3 Å². The largest absolute Gasteiger partial charge is 0.493 e. The van der Waals surface area contributed by atoms with Gasteiger partial charge < -0.3 is 4.74 Å². The van der Waals surface area contributed by atoms with E-state index in [0.717, 1.165) is 47.2 Å². The fourth-order valence-corrected chi connectivity index (χ4v) is 4.78. The average Bonchev–Trinajstić information content (AvgIpc) is 2.96. The number of ether oxygens (including phenoxy) is 1. The molecule has 2 aliphatic rings. The first-order valence-electron chi connectivity index (χ1n) is 10.1. The Morgan fingerprint density at radius 2 is 2.00 bits per heavy atom. The number of nitrogens with zero attached hydrogens (tertiary/aromatic N) is 2. The Morgan fingerprint density at radius 1 is 1.17 bits per heavy atom. The molecule has 0 spiro atoms. The highest BCUT2D eigenvalue weighted by atomic mass is 32.2. The third kappa shape index (κ3) is 4.10. The molecule has 1 fully saturated rings. The maximum atomic E-state index is 13.4. The van der Waals surface area contributed by atoms with E-state index < -0.39 is 0 Å². The molecule has 0 aliphatic carbocycles. The van der Waals surface area contributed by atoms with Crippen LogP contribution < -0.4 is 9.64 Å². The standard InChI is InChI=1S/C24H26N2O2S/c1-15(2)25-24-26(20-9-7-16(3)12-17(20)4)23(27)22(29-24)14-18-8-10-21-19(13-18)6-5-11-28-21/h7-10,12-15H,5-6,11H2,1-4H3/b22-14-,25-24?. The van der Waals surface area contributed by atoms with Crippen molar-refractivity contribution in [2.24, 2.45) is 4.99 Å². The Labute approximate surface area is 176 Å². The number of thioether (sulfide) groups is 1. The second-order valence-electron chi connectivity index (χ2n) is 7.87. The molecule has 5 heteroatoms. The predicted octanol–water partition coefficient (Wildman–Crippen LogP) is 5.51. The van der Waals surface area contributed by atoms with Gasteiger partial charge in [0.15, 0.2) is 5.17 Å². The third-order valence-corrected chi connectivity index (χ3v) is 5.98. The Balaban J connectivity index is 1.72. The van der Waals surface area contributed by atoms with E-state index in [9.17, 15) is 4.79 Å². The van der Waals surface area contributed by atoms with Crippen molar-refractivity contribution in [2.45, 2.75) is 46.6 Å². The first-order valence-corrected chi connectivity index (χ1v) is 10.9. The average molecular weight is 407 g/mol. The zero-order valence-electron chi connectivity index (χ0n) is 17.4. The summed E-state index contributed by atoms with van der Waals surface area (Å²) in [5, 5.41) is 0.740. The van der Waals surface area contributed by atoms with E-state index in [1.165, 1.54) is 22.9 Å². The summed E-state index contributed by atoms with van der Waals surface area (Å²) in [6.45, 7) is 8.94. The van der Waals surface area contributed by atoms with E-state index in [1.807, 2.05) is 51.1 Å². The summed E-state index contributed by atoms with van der Waals surface area (Å²) in [6.07, 6.45) is 4.02. The van der Waals surface area contributed by atoms with Crippen LogP contribution in [-0.2, 0) is 11.2 Å². The molecule has 150 valence electrons. The van der Waals surface area contributed by atoms with Crippen molar-refractivity contribution in [2.75, 3.05) is 11.5 Å². The molecule has 2 heterocycles. The van der Waals surface area contributed by atoms with Crippen LogP contribution in [0.1, 0.15) is 42.5 Å². The number of hydrogen-bond donors (Lipinski definition) is 0. The lowest BCUT2D eigenvalue weighted by Gasteiger charge is -2.19. The van der Waals surface area contributed by atoms with Crippen LogP contribution in [-0.4, -0.2) is 23.7 Å². The summed E-state index contributed by atoms with van der Waals surface area (Å²) in [5.41, 5.74) is 5.39. The summed E-state index contributed by atoms with van der Waals surface area (Å²) in [5.74, 6) is 0.943. The monoisotopic (exact) mass is 406 g/mol. The zero-order chi connectivity index (χ0) is 20.5. The highest BCUT2D eigenvalue weighted by Crippen LogP contribution is 2.38. The van der Waals surface area contributed by atoms with E-state index in [1.54, 1.807) is 4.90 Å². The number of amides is 1. The molecule has 0 atom stereocenters. The van der Waals surface area contributed by atoms with Crippen LogP contribution in [0.5, 0.6) is 5.75 Å². The van der Waals surface area contributed by atoms with Crippen LogP contribution in [0.25, 0.3) is 6.08 Å². The number of anilines is 1. The van der Waals surface area contributed by atoms with Gasteiger partial charge in [-0.1, -0.05) is 23.8 Å². The molecule has 2 aliphatic heterocycles. The van der Waals surface area contributed by atoms with Gasteiger partial charge >= 0.3 is 0 Å². The maximum absolute atomic E-state index is 13.4. The number of amidine groups is 1. The fourth-order valence-electron chi connectivity index (χ4n) is 3.67. The summed E-state index contributed by atoms with van der Waals surface area (Å²) in [4.78, 5) is 20.5. The first-order chi connectivity index (χ1) is 13.9. The molecule has 2 aromatic carbocycles. The Hall–Kier alpha value is -2.53. The van der Waals surface area contributed by atoms with Gasteiger partial charge in [-0.15, -0.1) is 0 Å². The molecule has 0 bridgehead atoms. The molecule has 0 saturated carbocycles. The van der Waals surface area contributed by atoms with Crippen LogP contribution in [0.4, 0.5) is 5.69 Å². The van der Waals surface area contributed by atoms with Crippen molar-refractivity contribution in [1.82, 2.24) is 0 Å². The number of benzene rings is 2. The predicted molar refractivity (Wildman–Crippen MR) is 122 cm³/mol. The minimum absolute atomic E-state index is 0.0182. The van der Waals surface area contributed by atoms with E-state index in [-0.39, 0.29) is 11.9 Å². The molecule has 4 rings (SSSR count). The van der Waals surface area contributed by atoms with Crippen LogP contribution in [0.2, 0.25) is 0 Å². The van der Waals surface area contributed by atoms with Crippen LogP contribution in [0.3, 0.4) is 0 Å². The first kappa shape index (κ1) is 19.8. The molecule has 2 aromatic rings. The van der Waals surface area contributed by atoms with Crippen molar-refractivity contribution in [3.8, 4) is 5.75 Å². The minimum Gasteiger partial charge on any atom is -0.493 e. The van der Waals surface area contributed by atoms with E-state index in [2.05, 4.69) is 19.1 Å². The van der Waals surface area contributed by atoms with Crippen molar-refractivity contribution in [3.63, 3.8) is 0 Å². The smallest absolute Gasteiger partial charge is 0.271 e. The van der Waals surface area contributed by atoms with Crippen LogP contribution in [0, 0.1) is 13.8 Å². The van der Waals surface area contributed by atoms with Crippen molar-refractivity contribution >= 4 is 34.6 Å². The molecule has 4 nitrogen and oxygen atoms in total. The van der Waals surface area contributed by atoms with E-state index in [0.29, 0.717) is 4.91 Å². The van der Waals surface area contributed by atoms with E-state index in [4.69, 9.17) is 9.73 Å². The lowest BCUT2D eigenvalue weighted by atomic mass is 10.0. The lowest BCUT2D eigenvalue weighted by molar-refractivity contribution is -0.113. The number of rotatable bonds is 3. The SMILES string of the molecule is Cc1ccc(N2C(=O)/C(=C/c3ccc4c(c3)CCCO4)SC2=NC(C)C)c(C)c1. The van der Waals surface area contributed by atoms with Gasteiger partial charge in [0.2, 0.25) is 0 Å². The lowest BCUT2D eigenvalue weighted by Crippen LogP contribution is -2.30. The minimum atomic E-state index is -0.0182. The molecular formula is C24H26N2O2S. The number of aliphatic imine (C=N–C) groups is 1. The topological polar surface area (TPSA) is 41.9 Å². The highest BCUT2D eigenvalue weighted by Gasteiger charge is 2.35. The number of hydrogen-bond acceptors (Lipinski definition) is 4. The van der Waals surface area contributed by atoms with Gasteiger partial charge in [-0.3, -0.25) is 14.7 Å². The molecule has 0 N–H and O–H groups in total. The normalized spacial score (nSPS) is 19.2. The maximum Gasteiger partial charge on any atom is 0.271 e. The van der Waals surface area contributed by atoms with Crippen molar-refractivity contribution < 1.29 is 9.53 Å². The van der Waals surface area contributed by atoms with E-state index >= 15 is 0 Å². The van der Waals surface area contributed by atoms with Crippen LogP contribution >= 0.6 is 11.8 Å². The van der Waals surface area contributed by atoms with Crippen molar-refractivity contribution in [3.05, 3.63) is 63.6 Å². The molecule has 0 radical (unpaired) electrons. The number of fused-ring (bicyclic) bond motifs is 1. The van der Waals surface area contributed by atoms with Gasteiger partial charge in [-0.05, 0) is 93.3 Å². The molecule has 1 saturated heterocycles. The molecule has 0 aromatic heterocycles. The van der Waals surface area contributed by atoms with Gasteiger partial charge in [0.05, 0.1) is 17.2 Å². The Bertz CT molecular complexity index is 1020. The Morgan fingerprint density at radius 3 is 2.76 bits per heavy atom. The quantitative estimate of drug-likeness (QED) is 0.631. The van der Waals surface area contributed by atoms with Gasteiger partial charge in [0.1, 0.15) is 5.75 Å².